The lowest BCUT2D eigenvalue weighted by Crippen LogP contribution is -2.21. The molecule has 1 aliphatic rings. The van der Waals surface area contributed by atoms with Crippen LogP contribution in [0.4, 0.5) is 0 Å². The second kappa shape index (κ2) is 3.82. The Balaban J connectivity index is 2.14. The van der Waals surface area contributed by atoms with Crippen molar-refractivity contribution in [3.8, 4) is 0 Å². The van der Waals surface area contributed by atoms with Crippen molar-refractivity contribution < 1.29 is 0 Å². The van der Waals surface area contributed by atoms with Crippen molar-refractivity contribution in [2.24, 2.45) is 5.92 Å². The Labute approximate surface area is 87.5 Å². The molecule has 3 heteroatoms. The largest absolute Gasteiger partial charge is 0.268 e. The molecule has 2 unspecified atom stereocenters. The third-order valence-corrected chi connectivity index (χ3v) is 3.39. The zero-order valence-corrected chi connectivity index (χ0v) is 9.50. The highest BCUT2D eigenvalue weighted by atomic mass is 79.9. The van der Waals surface area contributed by atoms with Crippen molar-refractivity contribution in [1.29, 1.82) is 0 Å². The molecular formula is C10H15BrN2. The van der Waals surface area contributed by atoms with Crippen molar-refractivity contribution in [2.45, 2.75) is 38.6 Å². The molecule has 1 aromatic heterocycles. The number of halogens is 1. The fraction of sp³-hybridized carbons (Fsp3) is 0.700. The van der Waals surface area contributed by atoms with Crippen LogP contribution in [0.1, 0.15) is 38.6 Å². The van der Waals surface area contributed by atoms with E-state index in [9.17, 15) is 0 Å². The van der Waals surface area contributed by atoms with E-state index in [0.717, 1.165) is 10.4 Å². The van der Waals surface area contributed by atoms with Gasteiger partial charge in [0.05, 0.1) is 16.7 Å². The van der Waals surface area contributed by atoms with Gasteiger partial charge in [-0.05, 0) is 34.7 Å². The first kappa shape index (κ1) is 9.25. The molecule has 72 valence electrons. The summed E-state index contributed by atoms with van der Waals surface area (Å²) in [4.78, 5) is 0. The van der Waals surface area contributed by atoms with Crippen LogP contribution in [0.2, 0.25) is 0 Å². The summed E-state index contributed by atoms with van der Waals surface area (Å²) in [5, 5.41) is 4.36. The fourth-order valence-corrected chi connectivity index (χ4v) is 2.49. The SMILES string of the molecule is CC1CCCCC1n1cc(Br)cn1. The summed E-state index contributed by atoms with van der Waals surface area (Å²) < 4.78 is 3.21. The third kappa shape index (κ3) is 1.96. The van der Waals surface area contributed by atoms with Crippen molar-refractivity contribution in [3.05, 3.63) is 16.9 Å². The Hall–Kier alpha value is -0.310. The van der Waals surface area contributed by atoms with Crippen LogP contribution in [-0.2, 0) is 0 Å². The Bertz CT molecular complexity index is 282. The first-order valence-electron chi connectivity index (χ1n) is 4.97. The van der Waals surface area contributed by atoms with Crippen molar-refractivity contribution in [1.82, 2.24) is 9.78 Å². The summed E-state index contributed by atoms with van der Waals surface area (Å²) >= 11 is 3.44. The van der Waals surface area contributed by atoms with Crippen LogP contribution >= 0.6 is 15.9 Å². The Morgan fingerprint density at radius 3 is 2.85 bits per heavy atom. The molecule has 2 nitrogen and oxygen atoms in total. The average molecular weight is 243 g/mol. The van der Waals surface area contributed by atoms with E-state index in [4.69, 9.17) is 0 Å². The molecule has 2 atom stereocenters. The van der Waals surface area contributed by atoms with Crippen LogP contribution in [0.25, 0.3) is 0 Å². The minimum absolute atomic E-state index is 0.625. The molecule has 0 spiro atoms. The van der Waals surface area contributed by atoms with Crippen LogP contribution in [0.15, 0.2) is 16.9 Å². The number of rotatable bonds is 1. The van der Waals surface area contributed by atoms with E-state index < -0.39 is 0 Å². The van der Waals surface area contributed by atoms with Gasteiger partial charge in [-0.1, -0.05) is 19.8 Å². The Kier molecular flexibility index (Phi) is 2.72. The van der Waals surface area contributed by atoms with Gasteiger partial charge < -0.3 is 0 Å². The number of hydrogen-bond acceptors (Lipinski definition) is 1. The van der Waals surface area contributed by atoms with Gasteiger partial charge in [0.2, 0.25) is 0 Å². The normalized spacial score (nSPS) is 29.1. The van der Waals surface area contributed by atoms with Gasteiger partial charge in [-0.2, -0.15) is 5.10 Å². The van der Waals surface area contributed by atoms with Gasteiger partial charge in [0.1, 0.15) is 0 Å². The molecule has 0 radical (unpaired) electrons. The Morgan fingerprint density at radius 2 is 2.23 bits per heavy atom. The monoisotopic (exact) mass is 242 g/mol. The van der Waals surface area contributed by atoms with Crippen LogP contribution < -0.4 is 0 Å². The highest BCUT2D eigenvalue weighted by Gasteiger charge is 2.23. The van der Waals surface area contributed by atoms with E-state index in [2.05, 4.69) is 38.8 Å². The van der Waals surface area contributed by atoms with Gasteiger partial charge >= 0.3 is 0 Å². The summed E-state index contributed by atoms with van der Waals surface area (Å²) in [6.45, 7) is 2.33. The number of hydrogen-bond donors (Lipinski definition) is 0. The molecule has 13 heavy (non-hydrogen) atoms. The maximum Gasteiger partial charge on any atom is 0.0632 e. The minimum atomic E-state index is 0.625. The standard InChI is InChI=1S/C10H15BrN2/c1-8-4-2-3-5-10(8)13-7-9(11)6-12-13/h6-8,10H,2-5H2,1H3. The van der Waals surface area contributed by atoms with Crippen LogP contribution in [-0.4, -0.2) is 9.78 Å². The lowest BCUT2D eigenvalue weighted by atomic mass is 9.86. The van der Waals surface area contributed by atoms with E-state index in [1.165, 1.54) is 25.7 Å². The number of aromatic nitrogens is 2. The van der Waals surface area contributed by atoms with Crippen LogP contribution in [0.5, 0.6) is 0 Å². The van der Waals surface area contributed by atoms with E-state index in [1.807, 2.05) is 6.20 Å². The van der Waals surface area contributed by atoms with Crippen molar-refractivity contribution in [3.63, 3.8) is 0 Å². The van der Waals surface area contributed by atoms with Crippen LogP contribution in [0.3, 0.4) is 0 Å². The summed E-state index contributed by atoms with van der Waals surface area (Å²) in [5.74, 6) is 0.778. The van der Waals surface area contributed by atoms with Gasteiger partial charge in [-0.3, -0.25) is 4.68 Å². The summed E-state index contributed by atoms with van der Waals surface area (Å²) in [6.07, 6.45) is 9.35. The van der Waals surface area contributed by atoms with Gasteiger partial charge in [0.15, 0.2) is 0 Å². The topological polar surface area (TPSA) is 17.8 Å². The van der Waals surface area contributed by atoms with E-state index in [1.54, 1.807) is 0 Å². The lowest BCUT2D eigenvalue weighted by Gasteiger charge is -2.28. The highest BCUT2D eigenvalue weighted by Crippen LogP contribution is 2.33. The minimum Gasteiger partial charge on any atom is -0.268 e. The predicted octanol–water partition coefficient (Wildman–Crippen LogP) is 3.40. The molecule has 1 aromatic rings. The maximum absolute atomic E-state index is 4.36. The van der Waals surface area contributed by atoms with Crippen molar-refractivity contribution >= 4 is 15.9 Å². The first-order valence-corrected chi connectivity index (χ1v) is 5.76. The molecule has 1 fully saturated rings. The first-order chi connectivity index (χ1) is 6.27. The molecule has 1 heterocycles. The molecule has 0 N–H and O–H groups in total. The zero-order valence-electron chi connectivity index (χ0n) is 7.91. The molecule has 0 amide bonds. The highest BCUT2D eigenvalue weighted by molar-refractivity contribution is 9.10. The summed E-state index contributed by atoms with van der Waals surface area (Å²) in [5.41, 5.74) is 0. The average Bonchev–Trinajstić information content (AvgIpc) is 2.53. The molecule has 0 saturated heterocycles. The number of nitrogens with zero attached hydrogens (tertiary/aromatic N) is 2. The lowest BCUT2D eigenvalue weighted by molar-refractivity contribution is 0.240. The fourth-order valence-electron chi connectivity index (χ4n) is 2.19. The van der Waals surface area contributed by atoms with Gasteiger partial charge in [0.25, 0.3) is 0 Å². The van der Waals surface area contributed by atoms with E-state index >= 15 is 0 Å². The maximum atomic E-state index is 4.36. The molecule has 2 rings (SSSR count). The zero-order chi connectivity index (χ0) is 9.26. The third-order valence-electron chi connectivity index (χ3n) is 2.98. The molecule has 0 aliphatic heterocycles. The van der Waals surface area contributed by atoms with Gasteiger partial charge in [-0.15, -0.1) is 0 Å². The molecular weight excluding hydrogens is 228 g/mol. The van der Waals surface area contributed by atoms with Gasteiger partial charge in [-0.25, -0.2) is 0 Å². The molecule has 0 aromatic carbocycles. The second-order valence-electron chi connectivity index (χ2n) is 3.97. The predicted molar refractivity (Wildman–Crippen MR) is 56.6 cm³/mol. The molecule has 1 saturated carbocycles. The van der Waals surface area contributed by atoms with E-state index in [0.29, 0.717) is 6.04 Å². The second-order valence-corrected chi connectivity index (χ2v) is 4.88. The Morgan fingerprint density at radius 1 is 1.46 bits per heavy atom. The summed E-state index contributed by atoms with van der Waals surface area (Å²) in [7, 11) is 0. The van der Waals surface area contributed by atoms with E-state index in [-0.39, 0.29) is 0 Å². The summed E-state index contributed by atoms with van der Waals surface area (Å²) in [6, 6.07) is 0.625. The van der Waals surface area contributed by atoms with Gasteiger partial charge in [0, 0.05) is 6.20 Å². The van der Waals surface area contributed by atoms with Crippen molar-refractivity contribution in [2.75, 3.05) is 0 Å². The van der Waals surface area contributed by atoms with Crippen LogP contribution in [0, 0.1) is 5.92 Å². The molecule has 1 aliphatic carbocycles. The smallest absolute Gasteiger partial charge is 0.0632 e. The quantitative estimate of drug-likeness (QED) is 0.739. The molecule has 0 bridgehead atoms.